The minimum Gasteiger partial charge on any atom is -0.341 e. The summed E-state index contributed by atoms with van der Waals surface area (Å²) in [5.74, 6) is 0.476. The highest BCUT2D eigenvalue weighted by atomic mass is 16.1. The lowest BCUT2D eigenvalue weighted by Gasteiger charge is -2.27. The fourth-order valence-electron chi connectivity index (χ4n) is 3.15. The molecule has 1 aromatic heterocycles. The Balaban J connectivity index is 1.82. The monoisotopic (exact) mass is 324 g/mol. The average molecular weight is 324 g/mol. The predicted octanol–water partition coefficient (Wildman–Crippen LogP) is 3.64. The highest BCUT2D eigenvalue weighted by Crippen LogP contribution is 2.18. The zero-order valence-electron chi connectivity index (χ0n) is 14.6. The number of aryl methyl sites for hydroxylation is 3. The quantitative estimate of drug-likeness (QED) is 0.936. The molecular weight excluding hydrogens is 300 g/mol. The molecule has 24 heavy (non-hydrogen) atoms. The minimum absolute atomic E-state index is 0.191. The van der Waals surface area contributed by atoms with Gasteiger partial charge in [-0.3, -0.25) is 4.79 Å². The Hall–Kier alpha value is -2.43. The summed E-state index contributed by atoms with van der Waals surface area (Å²) < 4.78 is 0. The summed E-state index contributed by atoms with van der Waals surface area (Å²) in [6.07, 6.45) is 3.56. The van der Waals surface area contributed by atoms with Gasteiger partial charge in [0.25, 0.3) is 5.91 Å². The van der Waals surface area contributed by atoms with Crippen LogP contribution in [0.3, 0.4) is 0 Å². The number of aromatic nitrogens is 2. The molecule has 1 N–H and O–H groups in total. The van der Waals surface area contributed by atoms with E-state index in [9.17, 15) is 4.79 Å². The summed E-state index contributed by atoms with van der Waals surface area (Å²) in [4.78, 5) is 23.8. The van der Waals surface area contributed by atoms with Crippen LogP contribution in [0, 0.1) is 20.8 Å². The van der Waals surface area contributed by atoms with Crippen LogP contribution in [0.4, 0.5) is 11.6 Å². The number of benzene rings is 1. The normalized spacial score (nSPS) is 14.5. The maximum Gasteiger partial charge on any atom is 0.274 e. The second kappa shape index (κ2) is 6.99. The summed E-state index contributed by atoms with van der Waals surface area (Å²) >= 11 is 0. The van der Waals surface area contributed by atoms with E-state index in [1.807, 2.05) is 32.9 Å². The van der Waals surface area contributed by atoms with E-state index in [4.69, 9.17) is 0 Å². The Morgan fingerprint density at radius 1 is 0.958 bits per heavy atom. The number of rotatable bonds is 3. The van der Waals surface area contributed by atoms with Gasteiger partial charge in [-0.05, 0) is 69.4 Å². The highest BCUT2D eigenvalue weighted by molar-refractivity contribution is 6.03. The molecule has 0 spiro atoms. The van der Waals surface area contributed by atoms with Crippen molar-refractivity contribution in [1.82, 2.24) is 9.97 Å². The van der Waals surface area contributed by atoms with Crippen molar-refractivity contribution in [2.24, 2.45) is 0 Å². The van der Waals surface area contributed by atoms with Crippen LogP contribution in [-0.4, -0.2) is 29.0 Å². The van der Waals surface area contributed by atoms with Crippen LogP contribution in [0.15, 0.2) is 24.3 Å². The van der Waals surface area contributed by atoms with Gasteiger partial charge in [-0.1, -0.05) is 6.07 Å². The van der Waals surface area contributed by atoms with Crippen molar-refractivity contribution >= 4 is 17.5 Å². The van der Waals surface area contributed by atoms with Gasteiger partial charge in [0.05, 0.1) is 0 Å². The zero-order valence-corrected chi connectivity index (χ0v) is 14.6. The summed E-state index contributed by atoms with van der Waals surface area (Å²) in [5, 5.41) is 2.95. The molecule has 0 saturated carbocycles. The largest absolute Gasteiger partial charge is 0.341 e. The SMILES string of the molecule is Cc1cc(C)cc(NC(=O)c2cc(C)nc(N3CCCCC3)n2)c1. The second-order valence-corrected chi connectivity index (χ2v) is 6.57. The van der Waals surface area contributed by atoms with Crippen molar-refractivity contribution in [3.8, 4) is 0 Å². The number of hydrogen-bond donors (Lipinski definition) is 1. The topological polar surface area (TPSA) is 58.1 Å². The van der Waals surface area contributed by atoms with Gasteiger partial charge in [-0.25, -0.2) is 9.97 Å². The van der Waals surface area contributed by atoms with Crippen molar-refractivity contribution in [3.05, 3.63) is 46.8 Å². The van der Waals surface area contributed by atoms with Gasteiger partial charge >= 0.3 is 0 Å². The number of piperidine rings is 1. The van der Waals surface area contributed by atoms with Gasteiger partial charge in [-0.2, -0.15) is 0 Å². The number of amides is 1. The van der Waals surface area contributed by atoms with Crippen LogP contribution in [-0.2, 0) is 0 Å². The number of carbonyl (C=O) groups excluding carboxylic acids is 1. The first-order valence-corrected chi connectivity index (χ1v) is 8.51. The Morgan fingerprint density at radius 3 is 2.29 bits per heavy atom. The first kappa shape index (κ1) is 16.4. The van der Waals surface area contributed by atoms with Gasteiger partial charge in [-0.15, -0.1) is 0 Å². The first-order valence-electron chi connectivity index (χ1n) is 8.51. The standard InChI is InChI=1S/C19H24N4O/c1-13-9-14(2)11-16(10-13)21-18(24)17-12-15(3)20-19(22-17)23-7-5-4-6-8-23/h9-12H,4-8H2,1-3H3,(H,21,24). The van der Waals surface area contributed by atoms with E-state index < -0.39 is 0 Å². The number of nitrogens with one attached hydrogen (secondary N) is 1. The van der Waals surface area contributed by atoms with Gasteiger partial charge in [0.15, 0.2) is 0 Å². The summed E-state index contributed by atoms with van der Waals surface area (Å²) in [6.45, 7) is 7.86. The van der Waals surface area contributed by atoms with Crippen molar-refractivity contribution in [3.63, 3.8) is 0 Å². The number of hydrogen-bond acceptors (Lipinski definition) is 4. The molecule has 0 bridgehead atoms. The molecule has 1 aromatic carbocycles. The molecule has 1 aliphatic rings. The second-order valence-electron chi connectivity index (χ2n) is 6.57. The van der Waals surface area contributed by atoms with E-state index in [-0.39, 0.29) is 5.91 Å². The minimum atomic E-state index is -0.191. The molecule has 0 unspecified atom stereocenters. The van der Waals surface area contributed by atoms with Gasteiger partial charge < -0.3 is 10.2 Å². The third-order valence-electron chi connectivity index (χ3n) is 4.19. The predicted molar refractivity (Wildman–Crippen MR) is 96.7 cm³/mol. The molecule has 3 rings (SSSR count). The van der Waals surface area contributed by atoms with Crippen molar-refractivity contribution in [2.75, 3.05) is 23.3 Å². The number of carbonyl (C=O) groups is 1. The lowest BCUT2D eigenvalue weighted by molar-refractivity contribution is 0.102. The summed E-state index contributed by atoms with van der Waals surface area (Å²) in [6, 6.07) is 7.75. The smallest absolute Gasteiger partial charge is 0.274 e. The third-order valence-corrected chi connectivity index (χ3v) is 4.19. The van der Waals surface area contributed by atoms with Crippen molar-refractivity contribution < 1.29 is 4.79 Å². The molecule has 0 aliphatic carbocycles. The van der Waals surface area contributed by atoms with E-state index in [0.717, 1.165) is 48.4 Å². The lowest BCUT2D eigenvalue weighted by atomic mass is 10.1. The molecule has 1 aliphatic heterocycles. The van der Waals surface area contributed by atoms with Crippen molar-refractivity contribution in [1.29, 1.82) is 0 Å². The van der Waals surface area contributed by atoms with E-state index in [1.54, 1.807) is 6.07 Å². The van der Waals surface area contributed by atoms with Crippen LogP contribution in [0.5, 0.6) is 0 Å². The van der Waals surface area contributed by atoms with Crippen LogP contribution in [0.25, 0.3) is 0 Å². The van der Waals surface area contributed by atoms with Crippen LogP contribution >= 0.6 is 0 Å². The lowest BCUT2D eigenvalue weighted by Crippen LogP contribution is -2.31. The summed E-state index contributed by atoms with van der Waals surface area (Å²) in [7, 11) is 0. The maximum absolute atomic E-state index is 12.6. The summed E-state index contributed by atoms with van der Waals surface area (Å²) in [5.41, 5.74) is 4.28. The van der Waals surface area contributed by atoms with Crippen molar-refractivity contribution in [2.45, 2.75) is 40.0 Å². The molecule has 2 heterocycles. The molecule has 0 radical (unpaired) electrons. The fourth-order valence-corrected chi connectivity index (χ4v) is 3.15. The first-order chi connectivity index (χ1) is 11.5. The Kier molecular flexibility index (Phi) is 4.79. The molecule has 1 fully saturated rings. The van der Waals surface area contributed by atoms with Crippen LogP contribution in [0.1, 0.15) is 46.6 Å². The molecule has 2 aromatic rings. The Bertz CT molecular complexity index is 731. The maximum atomic E-state index is 12.6. The number of nitrogens with zero attached hydrogens (tertiary/aromatic N) is 3. The third kappa shape index (κ3) is 3.91. The molecule has 0 atom stereocenters. The molecule has 1 amide bonds. The zero-order chi connectivity index (χ0) is 17.1. The van der Waals surface area contributed by atoms with Crippen LogP contribution < -0.4 is 10.2 Å². The van der Waals surface area contributed by atoms with Crippen LogP contribution in [0.2, 0.25) is 0 Å². The fraction of sp³-hybridized carbons (Fsp3) is 0.421. The highest BCUT2D eigenvalue weighted by Gasteiger charge is 2.17. The van der Waals surface area contributed by atoms with E-state index in [0.29, 0.717) is 11.6 Å². The Labute approximate surface area is 143 Å². The molecule has 5 nitrogen and oxygen atoms in total. The molecular formula is C19H24N4O. The average Bonchev–Trinajstić information content (AvgIpc) is 2.54. The molecule has 5 heteroatoms. The van der Waals surface area contributed by atoms with Gasteiger partial charge in [0.1, 0.15) is 5.69 Å². The molecule has 1 saturated heterocycles. The Morgan fingerprint density at radius 2 is 1.62 bits per heavy atom. The number of anilines is 2. The molecule has 126 valence electrons. The van der Waals surface area contributed by atoms with Gasteiger partial charge in [0.2, 0.25) is 5.95 Å². The van der Waals surface area contributed by atoms with E-state index in [1.165, 1.54) is 6.42 Å². The van der Waals surface area contributed by atoms with E-state index >= 15 is 0 Å². The van der Waals surface area contributed by atoms with Gasteiger partial charge in [0, 0.05) is 24.5 Å². The van der Waals surface area contributed by atoms with E-state index in [2.05, 4.69) is 26.3 Å².